The second-order valence-electron chi connectivity index (χ2n) is 5.23. The van der Waals surface area contributed by atoms with Crippen molar-refractivity contribution in [1.82, 2.24) is 15.3 Å². The number of nitrogens with one attached hydrogen (secondary N) is 2. The summed E-state index contributed by atoms with van der Waals surface area (Å²) in [5.74, 6) is 0.845. The van der Waals surface area contributed by atoms with Crippen molar-refractivity contribution in [2.24, 2.45) is 0 Å². The van der Waals surface area contributed by atoms with Crippen LogP contribution in [-0.2, 0) is 4.74 Å². The highest BCUT2D eigenvalue weighted by Gasteiger charge is 2.29. The van der Waals surface area contributed by atoms with Crippen LogP contribution in [0, 0.1) is 0 Å². The fourth-order valence-corrected chi connectivity index (χ4v) is 2.81. The Morgan fingerprint density at radius 2 is 2.18 bits per heavy atom. The molecule has 1 aromatic heterocycles. The fraction of sp³-hybridized carbons (Fsp3) is 0.312. The van der Waals surface area contributed by atoms with Crippen LogP contribution in [0.15, 0.2) is 47.6 Å². The van der Waals surface area contributed by atoms with E-state index >= 15 is 0 Å². The van der Waals surface area contributed by atoms with Gasteiger partial charge < -0.3 is 15.0 Å². The Morgan fingerprint density at radius 1 is 1.41 bits per heavy atom. The Kier molecular flexibility index (Phi) is 4.71. The zero-order valence-electron chi connectivity index (χ0n) is 11.9. The van der Waals surface area contributed by atoms with Gasteiger partial charge in [-0.15, -0.1) is 0 Å². The molecule has 1 saturated heterocycles. The van der Waals surface area contributed by atoms with E-state index in [2.05, 4.69) is 37.8 Å². The summed E-state index contributed by atoms with van der Waals surface area (Å²) >= 11 is 3.42. The molecule has 1 aromatic carbocycles. The SMILES string of the molecule is C=CC(F)O[C@@H]1CN[C@H](c2ncc(-c3ccc(Br)cc3)[nH]2)C1. The van der Waals surface area contributed by atoms with E-state index in [-0.39, 0.29) is 12.1 Å². The van der Waals surface area contributed by atoms with Crippen molar-refractivity contribution in [2.75, 3.05) is 6.54 Å². The predicted octanol–water partition coefficient (Wildman–Crippen LogP) is 3.74. The van der Waals surface area contributed by atoms with Crippen molar-refractivity contribution in [3.63, 3.8) is 0 Å². The van der Waals surface area contributed by atoms with Crippen LogP contribution in [0.1, 0.15) is 18.3 Å². The highest BCUT2D eigenvalue weighted by Crippen LogP contribution is 2.27. The molecule has 2 N–H and O–H groups in total. The van der Waals surface area contributed by atoms with Crippen molar-refractivity contribution in [3.8, 4) is 11.3 Å². The van der Waals surface area contributed by atoms with E-state index < -0.39 is 6.36 Å². The van der Waals surface area contributed by atoms with Crippen molar-refractivity contribution < 1.29 is 9.13 Å². The van der Waals surface area contributed by atoms with E-state index in [1.165, 1.54) is 0 Å². The van der Waals surface area contributed by atoms with Crippen LogP contribution in [0.4, 0.5) is 4.39 Å². The van der Waals surface area contributed by atoms with Gasteiger partial charge in [-0.2, -0.15) is 0 Å². The van der Waals surface area contributed by atoms with Gasteiger partial charge in [-0.05, 0) is 30.2 Å². The molecule has 0 saturated carbocycles. The number of H-pyrrole nitrogens is 1. The van der Waals surface area contributed by atoms with Gasteiger partial charge in [0.25, 0.3) is 0 Å². The molecule has 1 aliphatic heterocycles. The third-order valence-electron chi connectivity index (χ3n) is 3.68. The van der Waals surface area contributed by atoms with E-state index in [0.717, 1.165) is 27.6 Å². The molecule has 0 bridgehead atoms. The summed E-state index contributed by atoms with van der Waals surface area (Å²) in [5, 5.41) is 3.30. The van der Waals surface area contributed by atoms with Crippen LogP contribution in [0.2, 0.25) is 0 Å². The molecule has 1 aliphatic rings. The lowest BCUT2D eigenvalue weighted by atomic mass is 10.2. The van der Waals surface area contributed by atoms with Crippen LogP contribution >= 0.6 is 15.9 Å². The molecule has 4 nitrogen and oxygen atoms in total. The number of aromatic nitrogens is 2. The minimum atomic E-state index is -1.42. The second-order valence-corrected chi connectivity index (χ2v) is 6.15. The number of nitrogens with zero attached hydrogens (tertiary/aromatic N) is 1. The summed E-state index contributed by atoms with van der Waals surface area (Å²) in [6.07, 6.45) is 2.07. The zero-order valence-corrected chi connectivity index (χ0v) is 13.5. The number of rotatable bonds is 5. The average molecular weight is 366 g/mol. The minimum Gasteiger partial charge on any atom is -0.341 e. The van der Waals surface area contributed by atoms with Crippen LogP contribution in [0.3, 0.4) is 0 Å². The number of benzene rings is 1. The van der Waals surface area contributed by atoms with Crippen LogP contribution in [-0.4, -0.2) is 29.0 Å². The van der Waals surface area contributed by atoms with Crippen molar-refractivity contribution >= 4 is 15.9 Å². The van der Waals surface area contributed by atoms with E-state index in [1.807, 2.05) is 30.5 Å². The molecule has 0 radical (unpaired) electrons. The van der Waals surface area contributed by atoms with Crippen molar-refractivity contribution in [1.29, 1.82) is 0 Å². The lowest BCUT2D eigenvalue weighted by Gasteiger charge is -2.11. The maximum atomic E-state index is 13.2. The Balaban J connectivity index is 1.67. The van der Waals surface area contributed by atoms with Crippen molar-refractivity contribution in [2.45, 2.75) is 24.9 Å². The number of hydrogen-bond acceptors (Lipinski definition) is 3. The Morgan fingerprint density at radius 3 is 2.91 bits per heavy atom. The van der Waals surface area contributed by atoms with Crippen LogP contribution < -0.4 is 5.32 Å². The standard InChI is InChI=1S/C16H17BrFN3O/c1-2-15(18)22-12-7-13(19-8-12)16-20-9-14(21-16)10-3-5-11(17)6-4-10/h2-6,9,12-13,15,19H,1,7-8H2,(H,20,21)/t12-,13-,15?/m0/s1. The van der Waals surface area contributed by atoms with E-state index in [4.69, 9.17) is 4.74 Å². The number of alkyl halides is 1. The molecule has 1 fully saturated rings. The zero-order chi connectivity index (χ0) is 15.5. The summed E-state index contributed by atoms with van der Waals surface area (Å²) < 4.78 is 19.4. The smallest absolute Gasteiger partial charge is 0.218 e. The summed E-state index contributed by atoms with van der Waals surface area (Å²) in [5.41, 5.74) is 2.03. The predicted molar refractivity (Wildman–Crippen MR) is 87.1 cm³/mol. The molecular weight excluding hydrogens is 349 g/mol. The normalized spacial score (nSPS) is 22.6. The summed E-state index contributed by atoms with van der Waals surface area (Å²) in [7, 11) is 0. The molecule has 1 unspecified atom stereocenters. The molecule has 0 aliphatic carbocycles. The van der Waals surface area contributed by atoms with Gasteiger partial charge in [0.2, 0.25) is 6.36 Å². The van der Waals surface area contributed by atoms with Gasteiger partial charge in [0.05, 0.1) is 24.0 Å². The van der Waals surface area contributed by atoms with Gasteiger partial charge in [0.1, 0.15) is 5.82 Å². The molecule has 3 atom stereocenters. The number of halogens is 2. The first-order valence-corrected chi connectivity index (χ1v) is 7.91. The minimum absolute atomic E-state index is 0.0474. The van der Waals surface area contributed by atoms with Crippen LogP contribution in [0.25, 0.3) is 11.3 Å². The topological polar surface area (TPSA) is 49.9 Å². The molecule has 22 heavy (non-hydrogen) atoms. The first-order valence-electron chi connectivity index (χ1n) is 7.12. The maximum absolute atomic E-state index is 13.2. The first kappa shape index (κ1) is 15.4. The molecule has 6 heteroatoms. The van der Waals surface area contributed by atoms with E-state index in [9.17, 15) is 4.39 Å². The van der Waals surface area contributed by atoms with Gasteiger partial charge in [0.15, 0.2) is 0 Å². The maximum Gasteiger partial charge on any atom is 0.218 e. The monoisotopic (exact) mass is 365 g/mol. The number of ether oxygens (including phenoxy) is 1. The highest BCUT2D eigenvalue weighted by molar-refractivity contribution is 9.10. The third-order valence-corrected chi connectivity index (χ3v) is 4.21. The Hall–Kier alpha value is -1.50. The van der Waals surface area contributed by atoms with Gasteiger partial charge in [0, 0.05) is 11.0 Å². The van der Waals surface area contributed by atoms with E-state index in [1.54, 1.807) is 0 Å². The summed E-state index contributed by atoms with van der Waals surface area (Å²) in [4.78, 5) is 7.75. The van der Waals surface area contributed by atoms with Gasteiger partial charge >= 0.3 is 0 Å². The molecule has 3 rings (SSSR count). The van der Waals surface area contributed by atoms with Gasteiger partial charge in [-0.3, -0.25) is 0 Å². The molecule has 0 amide bonds. The number of imidazole rings is 1. The fourth-order valence-electron chi connectivity index (χ4n) is 2.54. The van der Waals surface area contributed by atoms with Gasteiger partial charge in [-0.25, -0.2) is 9.37 Å². The average Bonchev–Trinajstić information content (AvgIpc) is 3.17. The molecule has 116 valence electrons. The molecular formula is C16H17BrFN3O. The second kappa shape index (κ2) is 6.73. The van der Waals surface area contributed by atoms with Crippen molar-refractivity contribution in [3.05, 3.63) is 53.4 Å². The molecule has 2 heterocycles. The lowest BCUT2D eigenvalue weighted by Crippen LogP contribution is -2.20. The van der Waals surface area contributed by atoms with E-state index in [0.29, 0.717) is 13.0 Å². The van der Waals surface area contributed by atoms with Crippen LogP contribution in [0.5, 0.6) is 0 Å². The number of hydrogen-bond donors (Lipinski definition) is 2. The van der Waals surface area contributed by atoms with Gasteiger partial charge in [-0.1, -0.05) is 34.6 Å². The quantitative estimate of drug-likeness (QED) is 0.793. The Bertz CT molecular complexity index is 643. The lowest BCUT2D eigenvalue weighted by molar-refractivity contribution is -0.0475. The summed E-state index contributed by atoms with van der Waals surface area (Å²) in [6, 6.07) is 8.07. The molecule has 2 aromatic rings. The number of aromatic amines is 1. The largest absolute Gasteiger partial charge is 0.341 e. The third kappa shape index (κ3) is 3.45. The Labute approximate surface area is 136 Å². The highest BCUT2D eigenvalue weighted by atomic mass is 79.9. The first-order chi connectivity index (χ1) is 10.7. The molecule has 0 spiro atoms. The summed E-state index contributed by atoms with van der Waals surface area (Å²) in [6.45, 7) is 3.99.